The number of aliphatic carboxylic acids is 1. The molecule has 2 aromatic rings. The van der Waals surface area contributed by atoms with E-state index in [4.69, 9.17) is 5.11 Å². The van der Waals surface area contributed by atoms with Gasteiger partial charge in [0, 0.05) is 29.2 Å². The second-order valence-electron chi connectivity index (χ2n) is 4.51. The van der Waals surface area contributed by atoms with Crippen LogP contribution in [-0.2, 0) is 17.8 Å². The summed E-state index contributed by atoms with van der Waals surface area (Å²) >= 11 is 0. The summed E-state index contributed by atoms with van der Waals surface area (Å²) in [7, 11) is 0. The van der Waals surface area contributed by atoms with Gasteiger partial charge in [0.2, 0.25) is 0 Å². The summed E-state index contributed by atoms with van der Waals surface area (Å²) in [6.45, 7) is 0.724. The Kier molecular flexibility index (Phi) is 2.37. The summed E-state index contributed by atoms with van der Waals surface area (Å²) in [4.78, 5) is 14.1. The third-order valence-corrected chi connectivity index (χ3v) is 3.34. The molecule has 0 radical (unpaired) electrons. The summed E-state index contributed by atoms with van der Waals surface area (Å²) < 4.78 is 0. The Morgan fingerprint density at radius 3 is 3.06 bits per heavy atom. The predicted molar refractivity (Wildman–Crippen MR) is 64.9 cm³/mol. The number of para-hydroxylation sites is 1. The average Bonchev–Trinajstić information content (AvgIpc) is 2.66. The molecule has 1 atom stereocenters. The first-order valence-electron chi connectivity index (χ1n) is 5.77. The van der Waals surface area contributed by atoms with E-state index >= 15 is 0 Å². The number of hydrogen-bond acceptors (Lipinski definition) is 2. The zero-order valence-corrected chi connectivity index (χ0v) is 9.36. The summed E-state index contributed by atoms with van der Waals surface area (Å²) in [5.74, 6) is -0.745. The van der Waals surface area contributed by atoms with Gasteiger partial charge in [0.05, 0.1) is 6.42 Å². The SMILES string of the molecule is O=C(O)C[C@@H]1Cc2c([nH]c3ccccc23)CN1. The van der Waals surface area contributed by atoms with Crippen LogP contribution in [0.25, 0.3) is 10.9 Å². The Morgan fingerprint density at radius 2 is 2.24 bits per heavy atom. The van der Waals surface area contributed by atoms with Crippen LogP contribution in [0.15, 0.2) is 24.3 Å². The molecule has 3 rings (SSSR count). The first-order valence-corrected chi connectivity index (χ1v) is 5.77. The third-order valence-electron chi connectivity index (χ3n) is 3.34. The number of benzene rings is 1. The zero-order valence-electron chi connectivity index (χ0n) is 9.36. The summed E-state index contributed by atoms with van der Waals surface area (Å²) in [5, 5.41) is 13.3. The van der Waals surface area contributed by atoms with E-state index in [1.54, 1.807) is 0 Å². The van der Waals surface area contributed by atoms with E-state index in [2.05, 4.69) is 22.4 Å². The lowest BCUT2D eigenvalue weighted by Gasteiger charge is -2.22. The highest BCUT2D eigenvalue weighted by Crippen LogP contribution is 2.26. The Morgan fingerprint density at radius 1 is 1.41 bits per heavy atom. The second kappa shape index (κ2) is 3.89. The maximum Gasteiger partial charge on any atom is 0.304 e. The number of carbonyl (C=O) groups is 1. The molecule has 1 aromatic heterocycles. The van der Waals surface area contributed by atoms with E-state index in [1.807, 2.05) is 12.1 Å². The number of rotatable bonds is 2. The lowest BCUT2D eigenvalue weighted by Crippen LogP contribution is -2.37. The Hall–Kier alpha value is -1.81. The fourth-order valence-corrected chi connectivity index (χ4v) is 2.56. The molecule has 0 aliphatic carbocycles. The van der Waals surface area contributed by atoms with E-state index in [-0.39, 0.29) is 12.5 Å². The fraction of sp³-hybridized carbons (Fsp3) is 0.308. The van der Waals surface area contributed by atoms with Crippen molar-refractivity contribution in [1.82, 2.24) is 10.3 Å². The molecule has 3 N–H and O–H groups in total. The van der Waals surface area contributed by atoms with E-state index in [0.29, 0.717) is 0 Å². The summed E-state index contributed by atoms with van der Waals surface area (Å²) in [6, 6.07) is 8.21. The first-order chi connectivity index (χ1) is 8.24. The van der Waals surface area contributed by atoms with Gasteiger partial charge in [-0.1, -0.05) is 18.2 Å². The van der Waals surface area contributed by atoms with Crippen LogP contribution >= 0.6 is 0 Å². The molecule has 0 saturated carbocycles. The molecular formula is C13H14N2O2. The van der Waals surface area contributed by atoms with Crippen LogP contribution in [0.4, 0.5) is 0 Å². The number of aromatic nitrogens is 1. The molecular weight excluding hydrogens is 216 g/mol. The third kappa shape index (κ3) is 1.80. The van der Waals surface area contributed by atoms with Crippen molar-refractivity contribution in [2.24, 2.45) is 0 Å². The molecule has 1 aliphatic rings. The van der Waals surface area contributed by atoms with Gasteiger partial charge >= 0.3 is 5.97 Å². The summed E-state index contributed by atoms with van der Waals surface area (Å²) in [6.07, 6.45) is 0.963. The minimum Gasteiger partial charge on any atom is -0.481 e. The second-order valence-corrected chi connectivity index (χ2v) is 4.51. The number of hydrogen-bond donors (Lipinski definition) is 3. The molecule has 4 nitrogen and oxygen atoms in total. The normalized spacial score (nSPS) is 19.2. The Bertz CT molecular complexity index is 574. The minimum atomic E-state index is -0.745. The largest absolute Gasteiger partial charge is 0.481 e. The molecule has 0 fully saturated rings. The van der Waals surface area contributed by atoms with Crippen LogP contribution < -0.4 is 5.32 Å². The number of aromatic amines is 1. The van der Waals surface area contributed by atoms with Crippen molar-refractivity contribution in [2.75, 3.05) is 0 Å². The highest BCUT2D eigenvalue weighted by atomic mass is 16.4. The van der Waals surface area contributed by atoms with Crippen molar-refractivity contribution in [3.05, 3.63) is 35.5 Å². The van der Waals surface area contributed by atoms with Crippen molar-refractivity contribution in [2.45, 2.75) is 25.4 Å². The van der Waals surface area contributed by atoms with E-state index in [9.17, 15) is 4.79 Å². The molecule has 0 amide bonds. The van der Waals surface area contributed by atoms with Crippen LogP contribution in [-0.4, -0.2) is 22.1 Å². The molecule has 0 bridgehead atoms. The van der Waals surface area contributed by atoms with Crippen LogP contribution in [0.5, 0.6) is 0 Å². The molecule has 1 aliphatic heterocycles. The smallest absolute Gasteiger partial charge is 0.304 e. The van der Waals surface area contributed by atoms with Gasteiger partial charge in [0.25, 0.3) is 0 Å². The highest BCUT2D eigenvalue weighted by molar-refractivity contribution is 5.85. The maximum atomic E-state index is 10.7. The number of fused-ring (bicyclic) bond motifs is 3. The number of carboxylic acids is 1. The van der Waals surface area contributed by atoms with Crippen molar-refractivity contribution in [3.63, 3.8) is 0 Å². The Balaban J connectivity index is 1.97. The Labute approximate surface area is 98.6 Å². The van der Waals surface area contributed by atoms with Gasteiger partial charge in [-0.05, 0) is 18.1 Å². The first kappa shape index (κ1) is 10.4. The van der Waals surface area contributed by atoms with Crippen molar-refractivity contribution in [3.8, 4) is 0 Å². The summed E-state index contributed by atoms with van der Waals surface area (Å²) in [5.41, 5.74) is 3.59. The van der Waals surface area contributed by atoms with E-state index < -0.39 is 5.97 Å². The molecule has 1 aromatic carbocycles. The van der Waals surface area contributed by atoms with Gasteiger partial charge in [-0.3, -0.25) is 4.79 Å². The molecule has 0 unspecified atom stereocenters. The molecule has 0 spiro atoms. The molecule has 88 valence electrons. The van der Waals surface area contributed by atoms with Crippen molar-refractivity contribution in [1.29, 1.82) is 0 Å². The standard InChI is InChI=1S/C13H14N2O2/c16-13(17)6-8-5-10-9-3-1-2-4-11(9)15-12(10)7-14-8/h1-4,8,14-15H,5-7H2,(H,16,17)/t8-/m0/s1. The van der Waals surface area contributed by atoms with Crippen LogP contribution in [0.3, 0.4) is 0 Å². The monoisotopic (exact) mass is 230 g/mol. The lowest BCUT2D eigenvalue weighted by atomic mass is 9.97. The van der Waals surface area contributed by atoms with Crippen LogP contribution in [0.1, 0.15) is 17.7 Å². The number of carboxylic acid groups (broad SMARTS) is 1. The number of nitrogens with one attached hydrogen (secondary N) is 2. The maximum absolute atomic E-state index is 10.7. The average molecular weight is 230 g/mol. The van der Waals surface area contributed by atoms with Crippen molar-refractivity contribution < 1.29 is 9.90 Å². The quantitative estimate of drug-likeness (QED) is 0.735. The number of H-pyrrole nitrogens is 1. The molecule has 2 heterocycles. The van der Waals surface area contributed by atoms with Gasteiger partial charge in [-0.25, -0.2) is 0 Å². The van der Waals surface area contributed by atoms with E-state index in [1.165, 1.54) is 16.6 Å². The molecule has 4 heteroatoms. The van der Waals surface area contributed by atoms with Crippen LogP contribution in [0.2, 0.25) is 0 Å². The van der Waals surface area contributed by atoms with Gasteiger partial charge < -0.3 is 15.4 Å². The van der Waals surface area contributed by atoms with E-state index in [0.717, 1.165) is 18.5 Å². The van der Waals surface area contributed by atoms with Gasteiger partial charge in [0.1, 0.15) is 0 Å². The predicted octanol–water partition coefficient (Wildman–Crippen LogP) is 1.66. The highest BCUT2D eigenvalue weighted by Gasteiger charge is 2.23. The topological polar surface area (TPSA) is 65.1 Å². The van der Waals surface area contributed by atoms with Gasteiger partial charge in [-0.15, -0.1) is 0 Å². The molecule has 17 heavy (non-hydrogen) atoms. The lowest BCUT2D eigenvalue weighted by molar-refractivity contribution is -0.137. The fourth-order valence-electron chi connectivity index (χ4n) is 2.56. The minimum absolute atomic E-state index is 0.0409. The zero-order chi connectivity index (χ0) is 11.8. The van der Waals surface area contributed by atoms with Crippen LogP contribution in [0, 0.1) is 0 Å². The van der Waals surface area contributed by atoms with Crippen molar-refractivity contribution >= 4 is 16.9 Å². The van der Waals surface area contributed by atoms with Gasteiger partial charge in [0.15, 0.2) is 0 Å². The molecule has 0 saturated heterocycles. The van der Waals surface area contributed by atoms with Gasteiger partial charge in [-0.2, -0.15) is 0 Å².